The van der Waals surface area contributed by atoms with Crippen molar-refractivity contribution < 1.29 is 0 Å². The van der Waals surface area contributed by atoms with Crippen LogP contribution in [0.1, 0.15) is 31.7 Å². The van der Waals surface area contributed by atoms with Crippen molar-refractivity contribution in [3.05, 3.63) is 30.1 Å². The highest BCUT2D eigenvalue weighted by atomic mass is 14.8. The van der Waals surface area contributed by atoms with Crippen LogP contribution in [0.5, 0.6) is 0 Å². The van der Waals surface area contributed by atoms with E-state index in [1.54, 1.807) is 0 Å². The molecule has 1 aliphatic carbocycles. The SMILES string of the molecule is CC1(c2c[nH]c3ncccc23)CCC1. The van der Waals surface area contributed by atoms with Crippen LogP contribution in [0.4, 0.5) is 0 Å². The molecule has 2 heterocycles. The van der Waals surface area contributed by atoms with Crippen LogP contribution in [-0.4, -0.2) is 9.97 Å². The molecule has 0 amide bonds. The molecule has 0 saturated heterocycles. The molecular weight excluding hydrogens is 172 g/mol. The van der Waals surface area contributed by atoms with Crippen molar-refractivity contribution in [3.8, 4) is 0 Å². The molecule has 0 spiro atoms. The number of H-pyrrole nitrogens is 1. The van der Waals surface area contributed by atoms with Crippen molar-refractivity contribution >= 4 is 11.0 Å². The molecule has 1 fully saturated rings. The fourth-order valence-electron chi connectivity index (χ4n) is 2.43. The lowest BCUT2D eigenvalue weighted by Gasteiger charge is -2.38. The number of aromatic nitrogens is 2. The van der Waals surface area contributed by atoms with Crippen LogP contribution in [0.2, 0.25) is 0 Å². The summed E-state index contributed by atoms with van der Waals surface area (Å²) in [5.74, 6) is 0. The first kappa shape index (κ1) is 8.04. The van der Waals surface area contributed by atoms with Gasteiger partial charge in [-0.15, -0.1) is 0 Å². The van der Waals surface area contributed by atoms with Gasteiger partial charge in [0.2, 0.25) is 0 Å². The summed E-state index contributed by atoms with van der Waals surface area (Å²) in [5, 5.41) is 1.30. The maximum Gasteiger partial charge on any atom is 0.137 e. The maximum absolute atomic E-state index is 4.32. The van der Waals surface area contributed by atoms with Crippen LogP contribution in [0, 0.1) is 0 Å². The first-order valence-electron chi connectivity index (χ1n) is 5.22. The molecular formula is C12H14N2. The molecule has 2 heteroatoms. The molecule has 0 aromatic carbocycles. The number of hydrogen-bond donors (Lipinski definition) is 1. The Hall–Kier alpha value is -1.31. The van der Waals surface area contributed by atoms with Gasteiger partial charge in [0.05, 0.1) is 0 Å². The van der Waals surface area contributed by atoms with E-state index >= 15 is 0 Å². The summed E-state index contributed by atoms with van der Waals surface area (Å²) in [6, 6.07) is 4.18. The molecule has 1 aliphatic rings. The van der Waals surface area contributed by atoms with Crippen molar-refractivity contribution in [1.29, 1.82) is 0 Å². The predicted molar refractivity (Wildman–Crippen MR) is 57.3 cm³/mol. The zero-order chi connectivity index (χ0) is 9.60. The summed E-state index contributed by atoms with van der Waals surface area (Å²) in [5.41, 5.74) is 2.88. The third kappa shape index (κ3) is 0.939. The van der Waals surface area contributed by atoms with E-state index < -0.39 is 0 Å². The first-order chi connectivity index (χ1) is 6.80. The molecule has 1 N–H and O–H groups in total. The highest BCUT2D eigenvalue weighted by Crippen LogP contribution is 2.45. The highest BCUT2D eigenvalue weighted by molar-refractivity contribution is 5.80. The molecule has 0 radical (unpaired) electrons. The van der Waals surface area contributed by atoms with Crippen LogP contribution >= 0.6 is 0 Å². The predicted octanol–water partition coefficient (Wildman–Crippen LogP) is 3.00. The van der Waals surface area contributed by atoms with Crippen molar-refractivity contribution in [2.45, 2.75) is 31.6 Å². The first-order valence-corrected chi connectivity index (χ1v) is 5.22. The van der Waals surface area contributed by atoms with E-state index in [-0.39, 0.29) is 0 Å². The summed E-state index contributed by atoms with van der Waals surface area (Å²) >= 11 is 0. The van der Waals surface area contributed by atoms with E-state index in [2.05, 4.69) is 29.2 Å². The van der Waals surface area contributed by atoms with E-state index in [1.165, 1.54) is 30.2 Å². The zero-order valence-corrected chi connectivity index (χ0v) is 8.38. The van der Waals surface area contributed by atoms with Gasteiger partial charge in [-0.1, -0.05) is 13.3 Å². The zero-order valence-electron chi connectivity index (χ0n) is 8.38. The van der Waals surface area contributed by atoms with Gasteiger partial charge in [0.25, 0.3) is 0 Å². The lowest BCUT2D eigenvalue weighted by atomic mass is 9.66. The summed E-state index contributed by atoms with van der Waals surface area (Å²) in [4.78, 5) is 7.57. The van der Waals surface area contributed by atoms with Crippen LogP contribution in [-0.2, 0) is 5.41 Å². The Morgan fingerprint density at radius 1 is 1.43 bits per heavy atom. The molecule has 3 rings (SSSR count). The maximum atomic E-state index is 4.32. The second-order valence-corrected chi connectivity index (χ2v) is 4.52. The van der Waals surface area contributed by atoms with Gasteiger partial charge in [-0.25, -0.2) is 4.98 Å². The Labute approximate surface area is 83.4 Å². The van der Waals surface area contributed by atoms with Gasteiger partial charge in [0, 0.05) is 17.8 Å². The van der Waals surface area contributed by atoms with Gasteiger partial charge in [-0.3, -0.25) is 0 Å². The number of nitrogens with zero attached hydrogens (tertiary/aromatic N) is 1. The summed E-state index contributed by atoms with van der Waals surface area (Å²) in [7, 11) is 0. The average Bonchev–Trinajstić information content (AvgIpc) is 2.58. The van der Waals surface area contributed by atoms with E-state index in [0.717, 1.165) is 5.65 Å². The number of nitrogens with one attached hydrogen (secondary N) is 1. The lowest BCUT2D eigenvalue weighted by molar-refractivity contribution is 0.274. The van der Waals surface area contributed by atoms with Gasteiger partial charge in [-0.05, 0) is 36.0 Å². The molecule has 0 bridgehead atoms. The monoisotopic (exact) mass is 186 g/mol. The van der Waals surface area contributed by atoms with Crippen molar-refractivity contribution in [2.24, 2.45) is 0 Å². The van der Waals surface area contributed by atoms with Crippen molar-refractivity contribution in [2.75, 3.05) is 0 Å². The minimum Gasteiger partial charge on any atom is -0.346 e. The molecule has 2 aromatic heterocycles. The van der Waals surface area contributed by atoms with E-state index in [0.29, 0.717) is 5.41 Å². The molecule has 72 valence electrons. The highest BCUT2D eigenvalue weighted by Gasteiger charge is 2.35. The normalized spacial score (nSPS) is 19.5. The third-order valence-corrected chi connectivity index (χ3v) is 3.56. The number of hydrogen-bond acceptors (Lipinski definition) is 1. The number of rotatable bonds is 1. The van der Waals surface area contributed by atoms with Gasteiger partial charge in [-0.2, -0.15) is 0 Å². The Kier molecular flexibility index (Phi) is 1.49. The quantitative estimate of drug-likeness (QED) is 0.728. The fourth-order valence-corrected chi connectivity index (χ4v) is 2.43. The molecule has 14 heavy (non-hydrogen) atoms. The van der Waals surface area contributed by atoms with Crippen LogP contribution in [0.3, 0.4) is 0 Å². The molecule has 1 saturated carbocycles. The second kappa shape index (κ2) is 2.59. The van der Waals surface area contributed by atoms with Crippen molar-refractivity contribution in [1.82, 2.24) is 9.97 Å². The van der Waals surface area contributed by atoms with Gasteiger partial charge in [0.1, 0.15) is 5.65 Å². The largest absolute Gasteiger partial charge is 0.346 e. The van der Waals surface area contributed by atoms with Crippen LogP contribution in [0.15, 0.2) is 24.5 Å². The molecule has 0 atom stereocenters. The minimum absolute atomic E-state index is 0.404. The van der Waals surface area contributed by atoms with E-state index in [1.807, 2.05) is 12.3 Å². The Morgan fingerprint density at radius 2 is 2.29 bits per heavy atom. The van der Waals surface area contributed by atoms with Gasteiger partial charge < -0.3 is 4.98 Å². The Bertz CT molecular complexity index is 466. The molecule has 0 aliphatic heterocycles. The summed E-state index contributed by atoms with van der Waals surface area (Å²) < 4.78 is 0. The summed E-state index contributed by atoms with van der Waals surface area (Å²) in [6.45, 7) is 2.35. The average molecular weight is 186 g/mol. The van der Waals surface area contributed by atoms with E-state index in [9.17, 15) is 0 Å². The van der Waals surface area contributed by atoms with Gasteiger partial charge in [0.15, 0.2) is 0 Å². The van der Waals surface area contributed by atoms with Crippen LogP contribution < -0.4 is 0 Å². The standard InChI is InChI=1S/C12H14N2/c1-12(5-3-6-12)10-8-14-11-9(10)4-2-7-13-11/h2,4,7-8H,3,5-6H2,1H3,(H,13,14). The van der Waals surface area contributed by atoms with Gasteiger partial charge >= 0.3 is 0 Å². The third-order valence-electron chi connectivity index (χ3n) is 3.56. The smallest absolute Gasteiger partial charge is 0.137 e. The molecule has 2 aromatic rings. The Balaban J connectivity index is 2.22. The molecule has 2 nitrogen and oxygen atoms in total. The Morgan fingerprint density at radius 3 is 3.00 bits per heavy atom. The lowest BCUT2D eigenvalue weighted by Crippen LogP contribution is -2.29. The molecule has 0 unspecified atom stereocenters. The van der Waals surface area contributed by atoms with Crippen LogP contribution in [0.25, 0.3) is 11.0 Å². The summed E-state index contributed by atoms with van der Waals surface area (Å²) in [6.07, 6.45) is 7.97. The second-order valence-electron chi connectivity index (χ2n) is 4.52. The van der Waals surface area contributed by atoms with E-state index in [4.69, 9.17) is 0 Å². The number of fused-ring (bicyclic) bond motifs is 1. The fraction of sp³-hybridized carbons (Fsp3) is 0.417. The number of pyridine rings is 1. The topological polar surface area (TPSA) is 28.7 Å². The van der Waals surface area contributed by atoms with Crippen molar-refractivity contribution in [3.63, 3.8) is 0 Å². The number of aromatic amines is 1. The minimum atomic E-state index is 0.404.